The number of allylic oxidation sites excluding steroid dienone is 9. The lowest BCUT2D eigenvalue weighted by Gasteiger charge is -2.35. The lowest BCUT2D eigenvalue weighted by Crippen LogP contribution is -2.45. The van der Waals surface area contributed by atoms with Gasteiger partial charge in [-0.25, -0.2) is 19.9 Å². The molecule has 148 heavy (non-hydrogen) atoms. The van der Waals surface area contributed by atoms with Gasteiger partial charge >= 0.3 is 0 Å². The Balaban J connectivity index is 0.000000225. The molecule has 12 unspecified atom stereocenters. The number of carbonyl (C=O) groups excluding carboxylic acids is 8. The van der Waals surface area contributed by atoms with E-state index in [1.54, 1.807) is 66.9 Å². The maximum atomic E-state index is 13.7. The molecule has 8 aromatic heterocycles. The zero-order valence-electron chi connectivity index (χ0n) is 92.5. The molecule has 0 radical (unpaired) electrons. The Labute approximate surface area is 888 Å². The Morgan fingerprint density at radius 2 is 0.730 bits per heavy atom. The van der Waals surface area contributed by atoms with Crippen LogP contribution >= 0.6 is 34.0 Å². The highest BCUT2D eigenvalue weighted by Gasteiger charge is 2.49. The quantitative estimate of drug-likeness (QED) is 0.0284. The standard InChI is InChI=1S/C29H37N3O5.C25H36N2O4.C24H36N2O4.C23H34N2O4.3C5H7NS/c1-17(2)26(24-14-25(31-37-24)29(4,5)6)28(35)32-15-21(33)13-22(32)23(34)12-9-19-7-10-20(11-8-19)27-18(3)30-16-36-27;1-6-16(7-2)11-12-20(29)19-13-18(28)15-27(19)24(30)23(17-9-8-10-17)21-14-22(26-31-21)25(3,4)5;1-8-16(9-2)10-11-19(28)18-12-17(27)14-26(18)23(29)22(15(3)4)20-13-21(25-30-20)24(5,6)7;1-7-15(8-2)10-11-19(27)18-12-16(26)14-25(18)22(28)17(9-3)20-13-21(24-29-20)23(4,5)6;3*1-4-5(2)7-3-6-4/h7-8,10-11,14,16-17,21-22,26,33H,9,12-13,15H2,1-6H3;6-7,14,17-19,23,28H,1,8-13,15H2,2-5H3;8-9,13,15,17-18,22,27H,1,10-12,14H2,2-7H3;7-8,13,16-18,26H,1,9-12,14H2,2-6H3;3*3H,1-2H3/b;16-7+;16-9+;15-8+;;;. The van der Waals surface area contributed by atoms with Crippen LogP contribution in [0.4, 0.5) is 0 Å². The molecule has 4 amide bonds. The van der Waals surface area contributed by atoms with E-state index in [0.29, 0.717) is 80.8 Å². The van der Waals surface area contributed by atoms with Crippen LogP contribution in [0.1, 0.15) is 347 Å². The van der Waals surface area contributed by atoms with Gasteiger partial charge < -0.3 is 62.5 Å². The highest BCUT2D eigenvalue weighted by Crippen LogP contribution is 2.45. The van der Waals surface area contributed by atoms with Crippen LogP contribution < -0.4 is 0 Å². The number of hydrogen-bond donors (Lipinski definition) is 4. The number of rotatable bonds is 32. The minimum atomic E-state index is -0.727. The Kier molecular flexibility index (Phi) is 46.0. The van der Waals surface area contributed by atoms with E-state index in [9.17, 15) is 58.8 Å². The van der Waals surface area contributed by atoms with Gasteiger partial charge in [0.25, 0.3) is 0 Å². The highest BCUT2D eigenvalue weighted by atomic mass is 32.1. The third-order valence-electron chi connectivity index (χ3n) is 28.1. The van der Waals surface area contributed by atoms with Crippen molar-refractivity contribution < 1.29 is 81.3 Å². The summed E-state index contributed by atoms with van der Waals surface area (Å²) in [6, 6.07) is 12.8. The number of likely N-dealkylation sites (tertiary alicyclic amines) is 4. The average molecular weight is 2090 g/mol. The first-order valence-corrected chi connectivity index (χ1v) is 54.6. The number of aliphatic hydroxyl groups is 4. The number of thiazole rings is 3. The molecule has 1 aliphatic carbocycles. The van der Waals surface area contributed by atoms with E-state index in [-0.39, 0.29) is 138 Å². The molecule has 12 atom stereocenters. The van der Waals surface area contributed by atoms with E-state index in [1.165, 1.54) is 25.9 Å². The van der Waals surface area contributed by atoms with Crippen molar-refractivity contribution in [3.8, 4) is 11.3 Å². The van der Waals surface area contributed by atoms with E-state index >= 15 is 0 Å². The normalized spacial score (nSPS) is 19.5. The first kappa shape index (κ1) is 122. The van der Waals surface area contributed by atoms with E-state index in [0.717, 1.165) is 98.4 Å². The first-order chi connectivity index (χ1) is 69.6. The molecular weight excluding hydrogens is 1930 g/mol. The van der Waals surface area contributed by atoms with Crippen molar-refractivity contribution in [1.29, 1.82) is 0 Å². The molecule has 1 aromatic carbocycles. The molecule has 12 heterocycles. The van der Waals surface area contributed by atoms with Crippen LogP contribution in [0.3, 0.4) is 0 Å². The zero-order valence-corrected chi connectivity index (χ0v) is 95.0. The van der Waals surface area contributed by atoms with Crippen LogP contribution in [-0.2, 0) is 66.4 Å². The molecule has 9 aromatic rings. The Morgan fingerprint density at radius 1 is 0.419 bits per heavy atom. The first-order valence-electron chi connectivity index (χ1n) is 52.0. The number of ketones is 4. The smallest absolute Gasteiger partial charge is 0.234 e. The number of oxazole rings is 1. The van der Waals surface area contributed by atoms with Gasteiger partial charge in [-0.1, -0.05) is 242 Å². The van der Waals surface area contributed by atoms with E-state index in [1.807, 2.05) is 229 Å². The van der Waals surface area contributed by atoms with Gasteiger partial charge in [0, 0.05) is 144 Å². The molecule has 5 fully saturated rings. The van der Waals surface area contributed by atoms with Gasteiger partial charge in [0.05, 0.1) is 117 Å². The monoisotopic (exact) mass is 2090 g/mol. The summed E-state index contributed by atoms with van der Waals surface area (Å²) in [6.07, 6.45) is 17.9. The Bertz CT molecular complexity index is 5820. The predicted octanol–water partition coefficient (Wildman–Crippen LogP) is 22.5. The van der Waals surface area contributed by atoms with Crippen molar-refractivity contribution in [2.24, 2.45) is 17.8 Å². The molecule has 0 bridgehead atoms. The molecule has 4 saturated heterocycles. The summed E-state index contributed by atoms with van der Waals surface area (Å²) in [5, 5.41) is 57.8. The number of aliphatic hydroxyl groups excluding tert-OH is 4. The third-order valence-corrected chi connectivity index (χ3v) is 30.7. The van der Waals surface area contributed by atoms with E-state index in [4.69, 9.17) is 22.5 Å². The molecule has 4 aliphatic heterocycles. The van der Waals surface area contributed by atoms with Gasteiger partial charge in [-0.3, -0.25) is 38.4 Å². The number of hydrogen-bond acceptors (Lipinski definition) is 28. The number of benzene rings is 1. The number of amides is 4. The molecular formula is C116H164N12O17S3. The lowest BCUT2D eigenvalue weighted by atomic mass is 9.74. The summed E-state index contributed by atoms with van der Waals surface area (Å²) in [7, 11) is 0. The summed E-state index contributed by atoms with van der Waals surface area (Å²) in [6.45, 7) is 66.1. The SMILES string of the molecule is C=C/C(=C\C)CCC(=O)C1CC(O)CN1C(=O)C(CC)c1cc(C(C)(C)C)no1.C=C/C(=C\C)CCC(=O)C1CC(O)CN1C(=O)C(c1cc(C(C)(C)C)no1)C(C)C.C=C/C(=C\C)CCC(=O)C1CC(O)CN1C(=O)C(c1cc(C(C)(C)C)no1)C1CCC1.Cc1ncoc1-c1ccc(CCC(=O)C2CC(O)CN2C(=O)C(c2cc(C(C)(C)C)no2)C(C)C)cc1.Cc1ncsc1C.Cc1ncsc1C.Cc1ncsc1C. The fourth-order valence-electron chi connectivity index (χ4n) is 18.0. The zero-order chi connectivity index (χ0) is 110. The predicted molar refractivity (Wildman–Crippen MR) is 583 cm³/mol. The minimum Gasteiger partial charge on any atom is -0.443 e. The highest BCUT2D eigenvalue weighted by molar-refractivity contribution is 7.10. The van der Waals surface area contributed by atoms with Crippen LogP contribution in [0.25, 0.3) is 11.3 Å². The molecule has 32 heteroatoms. The van der Waals surface area contributed by atoms with Crippen molar-refractivity contribution >= 4 is 80.8 Å². The van der Waals surface area contributed by atoms with Crippen LogP contribution in [0.5, 0.6) is 0 Å². The Morgan fingerprint density at radius 3 is 0.993 bits per heavy atom. The molecule has 1 saturated carbocycles. The van der Waals surface area contributed by atoms with Crippen molar-refractivity contribution in [2.45, 2.75) is 384 Å². The largest absolute Gasteiger partial charge is 0.443 e. The average Bonchev–Trinajstić information content (AvgIpc) is 1.64. The number of Topliss-reactive ketones (excluding diaryl/α,β-unsaturated/α-hetero) is 4. The summed E-state index contributed by atoms with van der Waals surface area (Å²) in [5.74, 6) is 0.0334. The third kappa shape index (κ3) is 34.0. The summed E-state index contributed by atoms with van der Waals surface area (Å²) >= 11 is 5.08. The van der Waals surface area contributed by atoms with Gasteiger partial charge in [0.1, 0.15) is 40.8 Å². The molecule has 0 spiro atoms. The number of carbonyl (C=O) groups is 8. The number of aryl methyl sites for hydroxylation is 8. The molecule has 29 nitrogen and oxygen atoms in total. The van der Waals surface area contributed by atoms with Crippen LogP contribution in [0, 0.1) is 66.2 Å². The fraction of sp³-hybridized carbons (Fsp3) is 0.569. The van der Waals surface area contributed by atoms with Gasteiger partial charge in [0.2, 0.25) is 23.6 Å². The maximum absolute atomic E-state index is 13.7. The van der Waals surface area contributed by atoms with Crippen molar-refractivity contribution in [3.63, 3.8) is 0 Å². The molecule has 808 valence electrons. The van der Waals surface area contributed by atoms with Gasteiger partial charge in [-0.15, -0.1) is 34.0 Å². The molecule has 14 rings (SSSR count). The summed E-state index contributed by atoms with van der Waals surface area (Å²) in [4.78, 5) is 133. The number of β-amino-alcohol motifs (C(OH)–C–C–N with tert-alkyl or cyclic N) is 4. The maximum Gasteiger partial charge on any atom is 0.234 e. The summed E-state index contributed by atoms with van der Waals surface area (Å²) in [5.41, 5.74) is 17.3. The number of aromatic nitrogens is 8. The topological polar surface area (TPSA) is 399 Å². The van der Waals surface area contributed by atoms with E-state index in [2.05, 4.69) is 102 Å². The van der Waals surface area contributed by atoms with Gasteiger partial charge in [-0.05, 0) is 138 Å². The van der Waals surface area contributed by atoms with Gasteiger partial charge in [-0.2, -0.15) is 0 Å². The van der Waals surface area contributed by atoms with Crippen molar-refractivity contribution in [1.82, 2.24) is 60.2 Å². The molecule has 4 N–H and O–H groups in total. The summed E-state index contributed by atoms with van der Waals surface area (Å²) < 4.78 is 27.8. The van der Waals surface area contributed by atoms with E-state index < -0.39 is 72.3 Å². The van der Waals surface area contributed by atoms with Crippen molar-refractivity contribution in [2.75, 3.05) is 26.2 Å². The Hall–Kier alpha value is -11.0. The minimum absolute atomic E-state index is 0.00795. The van der Waals surface area contributed by atoms with Gasteiger partial charge in [0.15, 0.2) is 35.3 Å². The van der Waals surface area contributed by atoms with Crippen LogP contribution in [0.15, 0.2) is 167 Å². The van der Waals surface area contributed by atoms with Crippen molar-refractivity contribution in [3.05, 3.63) is 233 Å². The second-order valence-corrected chi connectivity index (χ2v) is 47.3. The van der Waals surface area contributed by atoms with Crippen LogP contribution in [0.2, 0.25) is 0 Å². The van der Waals surface area contributed by atoms with Crippen LogP contribution in [-0.4, -0.2) is 202 Å². The fourth-order valence-corrected chi connectivity index (χ4v) is 19.7. The second kappa shape index (κ2) is 55.7. The lowest BCUT2D eigenvalue weighted by molar-refractivity contribution is -0.141. The molecule has 5 aliphatic rings. The second-order valence-electron chi connectivity index (χ2n) is 44.1. The number of nitrogens with zero attached hydrogens (tertiary/aromatic N) is 12.